The average molecular weight is 308 g/mol. The number of rotatable bonds is 5. The number of fused-ring (bicyclic) bond motifs is 1. The number of aromatic nitrogens is 2. The number of hydrogen-bond donors (Lipinski definition) is 2. The number of nitrogens with zero attached hydrogens (tertiary/aromatic N) is 2. The third-order valence-electron chi connectivity index (χ3n) is 3.73. The number of carbonyl (C=O) groups is 1. The summed E-state index contributed by atoms with van der Waals surface area (Å²) in [5, 5.41) is 8.00. The average Bonchev–Trinajstić information content (AvgIpc) is 3.06. The Hall–Kier alpha value is -2.82. The molecular weight excluding hydrogens is 288 g/mol. The highest BCUT2D eigenvalue weighted by Crippen LogP contribution is 2.22. The Balaban J connectivity index is 1.56. The first-order chi connectivity index (χ1) is 11.2. The van der Waals surface area contributed by atoms with Crippen LogP contribution in [0.3, 0.4) is 0 Å². The van der Waals surface area contributed by atoms with E-state index in [0.29, 0.717) is 12.5 Å². The van der Waals surface area contributed by atoms with E-state index in [9.17, 15) is 4.79 Å². The van der Waals surface area contributed by atoms with Crippen LogP contribution in [0.2, 0.25) is 0 Å². The van der Waals surface area contributed by atoms with Crippen LogP contribution < -0.4 is 10.6 Å². The van der Waals surface area contributed by atoms with Gasteiger partial charge in [0.15, 0.2) is 0 Å². The number of nitrogens with one attached hydrogen (secondary N) is 2. The van der Waals surface area contributed by atoms with E-state index >= 15 is 0 Å². The van der Waals surface area contributed by atoms with Crippen LogP contribution in [0.1, 0.15) is 6.92 Å². The molecule has 0 aliphatic heterocycles. The molecule has 0 saturated heterocycles. The van der Waals surface area contributed by atoms with Crippen molar-refractivity contribution in [2.45, 2.75) is 13.5 Å². The smallest absolute Gasteiger partial charge is 0.319 e. The number of carbonyl (C=O) groups excluding carboxylic acids is 1. The number of benzene rings is 2. The van der Waals surface area contributed by atoms with Crippen LogP contribution in [0, 0.1) is 5.92 Å². The highest BCUT2D eigenvalue weighted by atomic mass is 16.2. The Morgan fingerprint density at radius 2 is 2.04 bits per heavy atom. The van der Waals surface area contributed by atoms with Gasteiger partial charge in [-0.1, -0.05) is 43.3 Å². The maximum absolute atomic E-state index is 12.1. The van der Waals surface area contributed by atoms with Crippen LogP contribution in [-0.2, 0) is 6.54 Å². The molecule has 118 valence electrons. The maximum atomic E-state index is 12.1. The lowest BCUT2D eigenvalue weighted by molar-refractivity contribution is 0.250. The van der Waals surface area contributed by atoms with Crippen molar-refractivity contribution in [1.82, 2.24) is 14.9 Å². The van der Waals surface area contributed by atoms with Crippen LogP contribution in [0.5, 0.6) is 0 Å². The Morgan fingerprint density at radius 3 is 2.87 bits per heavy atom. The van der Waals surface area contributed by atoms with Gasteiger partial charge in [0.05, 0.1) is 12.0 Å². The molecule has 1 atom stereocenters. The highest BCUT2D eigenvalue weighted by molar-refractivity contribution is 6.01. The van der Waals surface area contributed by atoms with Gasteiger partial charge in [0.2, 0.25) is 0 Å². The summed E-state index contributed by atoms with van der Waals surface area (Å²) in [5.41, 5.74) is 0.822. The van der Waals surface area contributed by atoms with Crippen molar-refractivity contribution in [3.05, 3.63) is 61.2 Å². The molecule has 1 heterocycles. The molecule has 2 aromatic carbocycles. The van der Waals surface area contributed by atoms with Gasteiger partial charge in [-0.2, -0.15) is 0 Å². The summed E-state index contributed by atoms with van der Waals surface area (Å²) in [5.74, 6) is 0.322. The van der Waals surface area contributed by atoms with Crippen LogP contribution in [0.25, 0.3) is 10.8 Å². The standard InChI is InChI=1S/C18H20N4O/c1-14(12-22-10-9-19-13-22)11-20-18(23)21-17-8-4-6-15-5-2-3-7-16(15)17/h2-10,13-14H,11-12H2,1H3,(H2,20,21,23)/t14-/m1/s1. The Morgan fingerprint density at radius 1 is 1.22 bits per heavy atom. The van der Waals surface area contributed by atoms with Gasteiger partial charge in [0, 0.05) is 30.9 Å². The highest BCUT2D eigenvalue weighted by Gasteiger charge is 2.08. The van der Waals surface area contributed by atoms with Gasteiger partial charge >= 0.3 is 6.03 Å². The first kappa shape index (κ1) is 15.1. The van der Waals surface area contributed by atoms with Crippen LogP contribution in [-0.4, -0.2) is 22.1 Å². The lowest BCUT2D eigenvalue weighted by Gasteiger charge is -2.14. The van der Waals surface area contributed by atoms with Crippen molar-refractivity contribution < 1.29 is 4.79 Å². The molecule has 1 aromatic heterocycles. The number of urea groups is 1. The van der Waals surface area contributed by atoms with E-state index in [1.54, 1.807) is 12.5 Å². The number of imidazole rings is 1. The Kier molecular flexibility index (Phi) is 4.57. The third-order valence-corrected chi connectivity index (χ3v) is 3.73. The number of anilines is 1. The summed E-state index contributed by atoms with van der Waals surface area (Å²) in [6, 6.07) is 13.7. The van der Waals surface area contributed by atoms with Gasteiger partial charge in [0.1, 0.15) is 0 Å². The largest absolute Gasteiger partial charge is 0.338 e. The van der Waals surface area contributed by atoms with Gasteiger partial charge < -0.3 is 15.2 Å². The second kappa shape index (κ2) is 6.96. The maximum Gasteiger partial charge on any atom is 0.319 e. The molecule has 23 heavy (non-hydrogen) atoms. The van der Waals surface area contributed by atoms with Gasteiger partial charge in [-0.25, -0.2) is 9.78 Å². The lowest BCUT2D eigenvalue weighted by Crippen LogP contribution is -2.33. The first-order valence-corrected chi connectivity index (χ1v) is 7.71. The summed E-state index contributed by atoms with van der Waals surface area (Å²) in [6.45, 7) is 3.53. The lowest BCUT2D eigenvalue weighted by atomic mass is 10.1. The van der Waals surface area contributed by atoms with Crippen LogP contribution in [0.4, 0.5) is 10.5 Å². The monoisotopic (exact) mass is 308 g/mol. The van der Waals surface area contributed by atoms with Crippen molar-refractivity contribution in [2.24, 2.45) is 5.92 Å². The zero-order valence-electron chi connectivity index (χ0n) is 13.1. The fourth-order valence-corrected chi connectivity index (χ4v) is 2.59. The minimum absolute atomic E-state index is 0.182. The summed E-state index contributed by atoms with van der Waals surface area (Å²) in [4.78, 5) is 16.1. The molecule has 0 unspecified atom stereocenters. The summed E-state index contributed by atoms with van der Waals surface area (Å²) in [6.07, 6.45) is 5.47. The van der Waals surface area contributed by atoms with E-state index in [1.165, 1.54) is 0 Å². The van der Waals surface area contributed by atoms with Crippen molar-refractivity contribution in [3.63, 3.8) is 0 Å². The zero-order chi connectivity index (χ0) is 16.1. The molecular formula is C18H20N4O. The number of amides is 2. The predicted molar refractivity (Wildman–Crippen MR) is 92.4 cm³/mol. The third kappa shape index (κ3) is 3.88. The molecule has 0 radical (unpaired) electrons. The van der Waals surface area contributed by atoms with Gasteiger partial charge in [-0.15, -0.1) is 0 Å². The minimum Gasteiger partial charge on any atom is -0.338 e. The second-order valence-electron chi connectivity index (χ2n) is 5.73. The fraction of sp³-hybridized carbons (Fsp3) is 0.222. The molecule has 2 N–H and O–H groups in total. The summed E-state index contributed by atoms with van der Waals surface area (Å²) in [7, 11) is 0. The fourth-order valence-electron chi connectivity index (χ4n) is 2.59. The van der Waals surface area contributed by atoms with Gasteiger partial charge in [-0.05, 0) is 17.4 Å². The molecule has 2 amide bonds. The van der Waals surface area contributed by atoms with Crippen molar-refractivity contribution in [3.8, 4) is 0 Å². The van der Waals surface area contributed by atoms with Crippen molar-refractivity contribution in [2.75, 3.05) is 11.9 Å². The minimum atomic E-state index is -0.182. The molecule has 0 fully saturated rings. The van der Waals surface area contributed by atoms with E-state index in [0.717, 1.165) is 23.0 Å². The first-order valence-electron chi connectivity index (χ1n) is 7.71. The second-order valence-corrected chi connectivity index (χ2v) is 5.73. The SMILES string of the molecule is C[C@H](CNC(=O)Nc1cccc2ccccc12)Cn1ccnc1. The Labute approximate surface area is 135 Å². The quantitative estimate of drug-likeness (QED) is 0.758. The van der Waals surface area contributed by atoms with E-state index < -0.39 is 0 Å². The molecule has 0 saturated carbocycles. The Bertz CT molecular complexity index is 777. The molecule has 0 spiro atoms. The van der Waals surface area contributed by atoms with E-state index in [1.807, 2.05) is 53.2 Å². The molecule has 0 bridgehead atoms. The van der Waals surface area contributed by atoms with Crippen molar-refractivity contribution >= 4 is 22.5 Å². The zero-order valence-corrected chi connectivity index (χ0v) is 13.1. The van der Waals surface area contributed by atoms with E-state index in [2.05, 4.69) is 22.5 Å². The van der Waals surface area contributed by atoms with Gasteiger partial charge in [0.25, 0.3) is 0 Å². The summed E-state index contributed by atoms with van der Waals surface area (Å²) < 4.78 is 2.01. The van der Waals surface area contributed by atoms with E-state index in [4.69, 9.17) is 0 Å². The van der Waals surface area contributed by atoms with Gasteiger partial charge in [-0.3, -0.25) is 0 Å². The normalized spacial score (nSPS) is 12.0. The molecule has 5 nitrogen and oxygen atoms in total. The molecule has 5 heteroatoms. The topological polar surface area (TPSA) is 59.0 Å². The van der Waals surface area contributed by atoms with E-state index in [-0.39, 0.29) is 6.03 Å². The molecule has 0 aliphatic carbocycles. The molecule has 3 aromatic rings. The molecule has 0 aliphatic rings. The number of hydrogen-bond acceptors (Lipinski definition) is 2. The van der Waals surface area contributed by atoms with Crippen molar-refractivity contribution in [1.29, 1.82) is 0 Å². The molecule has 3 rings (SSSR count). The van der Waals surface area contributed by atoms with Crippen LogP contribution in [0.15, 0.2) is 61.2 Å². The summed E-state index contributed by atoms with van der Waals surface area (Å²) >= 11 is 0. The van der Waals surface area contributed by atoms with Crippen LogP contribution >= 0.6 is 0 Å². The predicted octanol–water partition coefficient (Wildman–Crippen LogP) is 3.49.